The van der Waals surface area contributed by atoms with E-state index in [4.69, 9.17) is 0 Å². The maximum absolute atomic E-state index is 12.8. The molecule has 0 spiro atoms. The largest absolute Gasteiger partial charge is 0.310 e. The second kappa shape index (κ2) is 8.29. The summed E-state index contributed by atoms with van der Waals surface area (Å²) in [6, 6.07) is 42.4. The smallest absolute Gasteiger partial charge is 0.193 e. The van der Waals surface area contributed by atoms with E-state index in [2.05, 4.69) is 59.5 Å². The Kier molecular flexibility index (Phi) is 5.04. The highest BCUT2D eigenvalue weighted by molar-refractivity contribution is 6.09. The van der Waals surface area contributed by atoms with Gasteiger partial charge in [-0.05, 0) is 59.3 Å². The zero-order valence-electron chi connectivity index (χ0n) is 17.0. The van der Waals surface area contributed by atoms with E-state index >= 15 is 0 Å². The summed E-state index contributed by atoms with van der Waals surface area (Å²) in [5.74, 6) is 0.0316. The molecule has 2 nitrogen and oxygen atoms in total. The van der Waals surface area contributed by atoms with Gasteiger partial charge in [0.2, 0.25) is 0 Å². The Labute approximate surface area is 182 Å². The summed E-state index contributed by atoms with van der Waals surface area (Å²) in [4.78, 5) is 15.0. The summed E-state index contributed by atoms with van der Waals surface area (Å²) in [6.07, 6.45) is 0. The van der Waals surface area contributed by atoms with Crippen LogP contribution in [0.5, 0.6) is 0 Å². The summed E-state index contributed by atoms with van der Waals surface area (Å²) in [6.45, 7) is 0. The van der Waals surface area contributed by atoms with Gasteiger partial charge >= 0.3 is 0 Å². The van der Waals surface area contributed by atoms with Crippen molar-refractivity contribution >= 4 is 33.6 Å². The Morgan fingerprint density at radius 2 is 0.968 bits per heavy atom. The number of rotatable bonds is 5. The topological polar surface area (TPSA) is 20.3 Å². The Morgan fingerprint density at radius 3 is 1.68 bits per heavy atom. The van der Waals surface area contributed by atoms with Gasteiger partial charge in [-0.15, -0.1) is 0 Å². The van der Waals surface area contributed by atoms with Crippen LogP contribution in [0.4, 0.5) is 17.1 Å². The number of hydrogen-bond donors (Lipinski definition) is 0. The molecule has 0 saturated carbocycles. The van der Waals surface area contributed by atoms with Crippen molar-refractivity contribution in [1.82, 2.24) is 0 Å². The van der Waals surface area contributed by atoms with E-state index in [1.165, 1.54) is 10.8 Å². The van der Waals surface area contributed by atoms with Crippen molar-refractivity contribution in [2.24, 2.45) is 0 Å². The average molecular weight is 399 g/mol. The van der Waals surface area contributed by atoms with Gasteiger partial charge < -0.3 is 4.90 Å². The first-order chi connectivity index (χ1) is 15.3. The normalized spacial score (nSPS) is 10.7. The van der Waals surface area contributed by atoms with Gasteiger partial charge in [0.1, 0.15) is 0 Å². The Balaban J connectivity index is 1.56. The number of ketones is 1. The summed E-state index contributed by atoms with van der Waals surface area (Å²) < 4.78 is 0. The van der Waals surface area contributed by atoms with E-state index < -0.39 is 0 Å². The van der Waals surface area contributed by atoms with Crippen LogP contribution in [-0.2, 0) is 0 Å². The van der Waals surface area contributed by atoms with Crippen LogP contribution >= 0.6 is 0 Å². The van der Waals surface area contributed by atoms with Gasteiger partial charge in [0.25, 0.3) is 0 Å². The van der Waals surface area contributed by atoms with E-state index in [0.29, 0.717) is 11.1 Å². The molecule has 2 heteroatoms. The number of anilines is 3. The Bertz CT molecular complexity index is 1330. The third kappa shape index (κ3) is 3.84. The van der Waals surface area contributed by atoms with Crippen molar-refractivity contribution in [3.05, 3.63) is 139 Å². The zero-order valence-corrected chi connectivity index (χ0v) is 17.0. The number of fused-ring (bicyclic) bond motifs is 1. The Hall–Kier alpha value is -4.17. The second-order valence-electron chi connectivity index (χ2n) is 7.44. The van der Waals surface area contributed by atoms with Crippen LogP contribution in [0.25, 0.3) is 10.8 Å². The SMILES string of the molecule is O=C(c1ccccc1)c1ccc(N(c2ccccc2)c2ccc3ccccc3c2)cc1. The fourth-order valence-electron chi connectivity index (χ4n) is 3.86. The van der Waals surface area contributed by atoms with Gasteiger partial charge in [-0.25, -0.2) is 0 Å². The third-order valence-electron chi connectivity index (χ3n) is 5.43. The van der Waals surface area contributed by atoms with Gasteiger partial charge in [0.05, 0.1) is 0 Å². The number of hydrogen-bond acceptors (Lipinski definition) is 2. The minimum atomic E-state index is 0.0316. The van der Waals surface area contributed by atoms with E-state index in [9.17, 15) is 4.79 Å². The Morgan fingerprint density at radius 1 is 0.452 bits per heavy atom. The molecular weight excluding hydrogens is 378 g/mol. The van der Waals surface area contributed by atoms with Crippen LogP contribution in [0.2, 0.25) is 0 Å². The molecule has 0 radical (unpaired) electrons. The fourth-order valence-corrected chi connectivity index (χ4v) is 3.86. The van der Waals surface area contributed by atoms with Gasteiger partial charge in [0.15, 0.2) is 5.78 Å². The van der Waals surface area contributed by atoms with Crippen LogP contribution in [0.3, 0.4) is 0 Å². The predicted molar refractivity (Wildman–Crippen MR) is 129 cm³/mol. The lowest BCUT2D eigenvalue weighted by molar-refractivity contribution is 0.103. The maximum atomic E-state index is 12.8. The lowest BCUT2D eigenvalue weighted by Gasteiger charge is -2.26. The highest BCUT2D eigenvalue weighted by Crippen LogP contribution is 2.36. The molecule has 0 amide bonds. The standard InChI is InChI=1S/C29H21NO/c31-29(23-10-3-1-4-11-23)24-16-18-27(19-17-24)30(26-13-5-2-6-14-26)28-20-15-22-9-7-8-12-25(22)21-28/h1-21H. The molecule has 0 unspecified atom stereocenters. The number of para-hydroxylation sites is 1. The third-order valence-corrected chi connectivity index (χ3v) is 5.43. The number of benzene rings is 5. The van der Waals surface area contributed by atoms with Crippen molar-refractivity contribution in [3.63, 3.8) is 0 Å². The fraction of sp³-hybridized carbons (Fsp3) is 0. The monoisotopic (exact) mass is 399 g/mol. The van der Waals surface area contributed by atoms with Crippen molar-refractivity contribution in [2.45, 2.75) is 0 Å². The number of nitrogens with zero attached hydrogens (tertiary/aromatic N) is 1. The zero-order chi connectivity index (χ0) is 21.0. The molecule has 5 aromatic rings. The van der Waals surface area contributed by atoms with E-state index in [1.807, 2.05) is 72.8 Å². The molecule has 0 N–H and O–H groups in total. The molecule has 0 aliphatic heterocycles. The molecule has 0 heterocycles. The molecule has 0 saturated heterocycles. The van der Waals surface area contributed by atoms with Crippen LogP contribution < -0.4 is 4.90 Å². The van der Waals surface area contributed by atoms with E-state index in [0.717, 1.165) is 17.1 Å². The van der Waals surface area contributed by atoms with Crippen molar-refractivity contribution in [1.29, 1.82) is 0 Å². The summed E-state index contributed by atoms with van der Waals surface area (Å²) in [5.41, 5.74) is 4.53. The predicted octanol–water partition coefficient (Wildman–Crippen LogP) is 7.54. The lowest BCUT2D eigenvalue weighted by atomic mass is 10.0. The van der Waals surface area contributed by atoms with Crippen molar-refractivity contribution in [2.75, 3.05) is 4.90 Å². The highest BCUT2D eigenvalue weighted by atomic mass is 16.1. The van der Waals surface area contributed by atoms with Crippen LogP contribution in [0.15, 0.2) is 127 Å². The van der Waals surface area contributed by atoms with Crippen LogP contribution in [0, 0.1) is 0 Å². The van der Waals surface area contributed by atoms with Gasteiger partial charge in [0, 0.05) is 28.2 Å². The molecule has 0 aliphatic rings. The van der Waals surface area contributed by atoms with Crippen LogP contribution in [0.1, 0.15) is 15.9 Å². The first-order valence-corrected chi connectivity index (χ1v) is 10.3. The quantitative estimate of drug-likeness (QED) is 0.285. The lowest BCUT2D eigenvalue weighted by Crippen LogP contribution is -2.10. The van der Waals surface area contributed by atoms with Gasteiger partial charge in [-0.3, -0.25) is 4.79 Å². The van der Waals surface area contributed by atoms with Crippen molar-refractivity contribution < 1.29 is 4.79 Å². The molecular formula is C29H21NO. The molecule has 31 heavy (non-hydrogen) atoms. The molecule has 0 aromatic heterocycles. The molecule has 5 rings (SSSR count). The minimum Gasteiger partial charge on any atom is -0.310 e. The minimum absolute atomic E-state index is 0.0316. The molecule has 148 valence electrons. The van der Waals surface area contributed by atoms with E-state index in [1.54, 1.807) is 0 Å². The summed E-state index contributed by atoms with van der Waals surface area (Å²) >= 11 is 0. The molecule has 0 aliphatic carbocycles. The number of carbonyl (C=O) groups excluding carboxylic acids is 1. The van der Waals surface area contributed by atoms with Crippen molar-refractivity contribution in [3.8, 4) is 0 Å². The highest BCUT2D eigenvalue weighted by Gasteiger charge is 2.14. The maximum Gasteiger partial charge on any atom is 0.193 e. The first kappa shape index (κ1) is 18.8. The summed E-state index contributed by atoms with van der Waals surface area (Å²) in [7, 11) is 0. The number of carbonyl (C=O) groups is 1. The van der Waals surface area contributed by atoms with Gasteiger partial charge in [-0.1, -0.05) is 78.9 Å². The average Bonchev–Trinajstić information content (AvgIpc) is 2.85. The summed E-state index contributed by atoms with van der Waals surface area (Å²) in [5, 5.41) is 2.40. The molecule has 0 atom stereocenters. The second-order valence-corrected chi connectivity index (χ2v) is 7.44. The van der Waals surface area contributed by atoms with Gasteiger partial charge in [-0.2, -0.15) is 0 Å². The molecule has 5 aromatic carbocycles. The van der Waals surface area contributed by atoms with E-state index in [-0.39, 0.29) is 5.78 Å². The first-order valence-electron chi connectivity index (χ1n) is 10.3. The molecule has 0 bridgehead atoms. The molecule has 0 fully saturated rings. The van der Waals surface area contributed by atoms with Crippen LogP contribution in [-0.4, -0.2) is 5.78 Å².